The third-order valence-electron chi connectivity index (χ3n) is 6.49. The van der Waals surface area contributed by atoms with Gasteiger partial charge in [-0.2, -0.15) is 0 Å². The fraction of sp³-hybridized carbons (Fsp3) is 0.462. The summed E-state index contributed by atoms with van der Waals surface area (Å²) in [5.74, 6) is 0.410. The van der Waals surface area contributed by atoms with Crippen molar-refractivity contribution < 1.29 is 14.3 Å². The average Bonchev–Trinajstić information content (AvgIpc) is 2.81. The van der Waals surface area contributed by atoms with Crippen LogP contribution in [-0.4, -0.2) is 54.6 Å². The van der Waals surface area contributed by atoms with E-state index in [1.54, 1.807) is 6.92 Å². The Labute approximate surface area is 190 Å². The van der Waals surface area contributed by atoms with Crippen LogP contribution in [0.3, 0.4) is 0 Å². The second-order valence-electron chi connectivity index (χ2n) is 8.79. The molecule has 1 fully saturated rings. The normalized spacial score (nSPS) is 17.0. The van der Waals surface area contributed by atoms with E-state index in [4.69, 9.17) is 4.74 Å². The van der Waals surface area contributed by atoms with Gasteiger partial charge in [-0.05, 0) is 60.9 Å². The summed E-state index contributed by atoms with van der Waals surface area (Å²) < 4.78 is 4.97. The molecule has 0 spiro atoms. The van der Waals surface area contributed by atoms with Gasteiger partial charge in [0.25, 0.3) is 0 Å². The van der Waals surface area contributed by atoms with Crippen LogP contribution in [0.25, 0.3) is 0 Å². The molecule has 6 heteroatoms. The quantitative estimate of drug-likeness (QED) is 0.694. The van der Waals surface area contributed by atoms with E-state index in [0.29, 0.717) is 12.5 Å². The highest BCUT2D eigenvalue weighted by atomic mass is 16.5. The Balaban J connectivity index is 1.20. The van der Waals surface area contributed by atoms with Crippen molar-refractivity contribution in [3.05, 3.63) is 65.2 Å². The molecule has 2 heterocycles. The van der Waals surface area contributed by atoms with Crippen LogP contribution in [-0.2, 0) is 28.9 Å². The lowest BCUT2D eigenvalue weighted by molar-refractivity contribution is -0.142. The van der Waals surface area contributed by atoms with Gasteiger partial charge in [-0.3, -0.25) is 9.69 Å². The van der Waals surface area contributed by atoms with Crippen molar-refractivity contribution in [2.75, 3.05) is 38.1 Å². The van der Waals surface area contributed by atoms with Gasteiger partial charge in [-0.15, -0.1) is 0 Å². The molecule has 2 aromatic carbocycles. The Morgan fingerprint density at radius 2 is 1.72 bits per heavy atom. The Kier molecular flexibility index (Phi) is 7.43. The molecule has 2 aliphatic heterocycles. The first-order valence-electron chi connectivity index (χ1n) is 11.7. The van der Waals surface area contributed by atoms with E-state index >= 15 is 0 Å². The number of carbonyl (C=O) groups is 2. The van der Waals surface area contributed by atoms with Crippen molar-refractivity contribution in [3.8, 4) is 0 Å². The van der Waals surface area contributed by atoms with Crippen LogP contribution in [0.4, 0.5) is 10.5 Å². The zero-order valence-corrected chi connectivity index (χ0v) is 18.9. The zero-order valence-electron chi connectivity index (χ0n) is 18.9. The minimum atomic E-state index is -0.235. The number of amides is 2. The van der Waals surface area contributed by atoms with Gasteiger partial charge in [0, 0.05) is 38.4 Å². The van der Waals surface area contributed by atoms with Gasteiger partial charge in [-0.1, -0.05) is 36.4 Å². The maximum Gasteiger partial charge on any atom is 0.321 e. The molecule has 2 aromatic rings. The number of ether oxygens (including phenoxy) is 1. The largest absolute Gasteiger partial charge is 0.466 e. The van der Waals surface area contributed by atoms with E-state index < -0.39 is 0 Å². The van der Waals surface area contributed by atoms with Crippen molar-refractivity contribution >= 4 is 17.7 Å². The molecular weight excluding hydrogens is 402 g/mol. The lowest BCUT2D eigenvalue weighted by atomic mass is 9.94. The molecule has 2 amide bonds. The molecule has 0 saturated carbocycles. The molecule has 0 atom stereocenters. The van der Waals surface area contributed by atoms with E-state index in [1.165, 1.54) is 11.1 Å². The topological polar surface area (TPSA) is 61.9 Å². The third-order valence-corrected chi connectivity index (χ3v) is 6.49. The molecule has 0 aromatic heterocycles. The number of hydrogen-bond acceptors (Lipinski definition) is 4. The summed E-state index contributed by atoms with van der Waals surface area (Å²) in [4.78, 5) is 28.7. The van der Waals surface area contributed by atoms with Gasteiger partial charge in [0.2, 0.25) is 0 Å². The molecule has 0 radical (unpaired) electrons. The number of piperidine rings is 1. The molecule has 170 valence electrons. The number of carbonyl (C=O) groups excluding carboxylic acids is 2. The molecule has 32 heavy (non-hydrogen) atoms. The van der Waals surface area contributed by atoms with Crippen LogP contribution in [0.5, 0.6) is 0 Å². The van der Waals surface area contributed by atoms with Crippen molar-refractivity contribution in [1.29, 1.82) is 0 Å². The number of urea groups is 1. The maximum atomic E-state index is 12.7. The monoisotopic (exact) mass is 435 g/mol. The Bertz CT molecular complexity index is 920. The fourth-order valence-corrected chi connectivity index (χ4v) is 4.68. The Hall–Kier alpha value is -2.86. The van der Waals surface area contributed by atoms with Crippen molar-refractivity contribution in [2.24, 2.45) is 5.92 Å². The highest BCUT2D eigenvalue weighted by molar-refractivity contribution is 5.89. The summed E-state index contributed by atoms with van der Waals surface area (Å²) in [5, 5.41) is 2.98. The minimum Gasteiger partial charge on any atom is -0.466 e. The van der Waals surface area contributed by atoms with E-state index in [-0.39, 0.29) is 18.4 Å². The molecule has 2 aliphatic rings. The predicted molar refractivity (Wildman–Crippen MR) is 126 cm³/mol. The van der Waals surface area contributed by atoms with Gasteiger partial charge < -0.3 is 15.0 Å². The molecule has 0 bridgehead atoms. The van der Waals surface area contributed by atoms with Crippen molar-refractivity contribution in [2.45, 2.75) is 39.2 Å². The Morgan fingerprint density at radius 3 is 2.44 bits per heavy atom. The number of esters is 1. The van der Waals surface area contributed by atoms with E-state index in [2.05, 4.69) is 34.5 Å². The van der Waals surface area contributed by atoms with Gasteiger partial charge >= 0.3 is 12.0 Å². The zero-order chi connectivity index (χ0) is 22.3. The van der Waals surface area contributed by atoms with Crippen LogP contribution in [0.15, 0.2) is 48.5 Å². The Morgan fingerprint density at radius 1 is 1.00 bits per heavy atom. The standard InChI is InChI=1S/C26H33N3O3/c1-2-32-25(30)17-20-7-9-24(10-8-20)27-26(31)29-15-11-21(12-16-29)18-28-14-13-22-5-3-4-6-23(22)19-28/h3-10,21H,2,11-19H2,1H3,(H,27,31). The van der Waals surface area contributed by atoms with Gasteiger partial charge in [0.15, 0.2) is 0 Å². The lowest BCUT2D eigenvalue weighted by Gasteiger charge is -2.36. The summed E-state index contributed by atoms with van der Waals surface area (Å²) in [7, 11) is 0. The second-order valence-corrected chi connectivity index (χ2v) is 8.79. The summed E-state index contributed by atoms with van der Waals surface area (Å²) in [6, 6.07) is 16.1. The van der Waals surface area contributed by atoms with E-state index in [1.807, 2.05) is 29.2 Å². The first-order chi connectivity index (χ1) is 15.6. The third kappa shape index (κ3) is 5.88. The number of rotatable bonds is 6. The number of hydrogen-bond donors (Lipinski definition) is 1. The van der Waals surface area contributed by atoms with E-state index in [9.17, 15) is 9.59 Å². The molecule has 4 rings (SSSR count). The van der Waals surface area contributed by atoms with Gasteiger partial charge in [0.1, 0.15) is 0 Å². The number of likely N-dealkylation sites (tertiary alicyclic amines) is 1. The number of nitrogens with zero attached hydrogens (tertiary/aromatic N) is 2. The number of anilines is 1. The molecule has 1 saturated heterocycles. The molecule has 0 aliphatic carbocycles. The van der Waals surface area contributed by atoms with Crippen molar-refractivity contribution in [1.82, 2.24) is 9.80 Å². The number of benzene rings is 2. The van der Waals surface area contributed by atoms with Gasteiger partial charge in [-0.25, -0.2) is 4.79 Å². The summed E-state index contributed by atoms with van der Waals surface area (Å²) >= 11 is 0. The van der Waals surface area contributed by atoms with E-state index in [0.717, 1.165) is 63.2 Å². The number of nitrogens with one attached hydrogen (secondary N) is 1. The first-order valence-corrected chi connectivity index (χ1v) is 11.7. The van der Waals surface area contributed by atoms with Crippen LogP contribution >= 0.6 is 0 Å². The minimum absolute atomic E-state index is 0.0477. The van der Waals surface area contributed by atoms with Crippen LogP contribution in [0.2, 0.25) is 0 Å². The first kappa shape index (κ1) is 22.3. The summed E-state index contributed by atoms with van der Waals surface area (Å²) in [6.45, 7) is 7.06. The molecule has 6 nitrogen and oxygen atoms in total. The van der Waals surface area contributed by atoms with Crippen LogP contribution in [0.1, 0.15) is 36.5 Å². The highest BCUT2D eigenvalue weighted by Gasteiger charge is 2.25. The molecular formula is C26H33N3O3. The predicted octanol–water partition coefficient (Wildman–Crippen LogP) is 4.09. The van der Waals surface area contributed by atoms with Crippen LogP contribution < -0.4 is 5.32 Å². The lowest BCUT2D eigenvalue weighted by Crippen LogP contribution is -2.44. The summed E-state index contributed by atoms with van der Waals surface area (Å²) in [5.41, 5.74) is 4.58. The molecule has 0 unspecified atom stereocenters. The molecule has 1 N–H and O–H groups in total. The maximum absolute atomic E-state index is 12.7. The summed E-state index contributed by atoms with van der Waals surface area (Å²) in [6.07, 6.45) is 3.47. The van der Waals surface area contributed by atoms with Crippen molar-refractivity contribution in [3.63, 3.8) is 0 Å². The highest BCUT2D eigenvalue weighted by Crippen LogP contribution is 2.24. The average molecular weight is 436 g/mol. The number of fused-ring (bicyclic) bond motifs is 1. The smallest absolute Gasteiger partial charge is 0.321 e. The SMILES string of the molecule is CCOC(=O)Cc1ccc(NC(=O)N2CCC(CN3CCc4ccccc4C3)CC2)cc1. The van der Waals surface area contributed by atoms with Gasteiger partial charge in [0.05, 0.1) is 13.0 Å². The fourth-order valence-electron chi connectivity index (χ4n) is 4.68. The van der Waals surface area contributed by atoms with Crippen LogP contribution in [0, 0.1) is 5.92 Å². The second kappa shape index (κ2) is 10.6.